The fraction of sp³-hybridized carbons (Fsp3) is 0.842. The highest BCUT2D eigenvalue weighted by molar-refractivity contribution is 5.90. The number of rotatable bonds is 0. The average molecular weight is 304 g/mol. The summed E-state index contributed by atoms with van der Waals surface area (Å²) in [7, 11) is 0. The molecule has 1 N–H and O–H groups in total. The number of fused-ring (bicyclic) bond motifs is 6. The van der Waals surface area contributed by atoms with Gasteiger partial charge in [0, 0.05) is 24.3 Å². The first-order valence-electron chi connectivity index (χ1n) is 8.97. The molecule has 0 spiro atoms. The molecule has 122 valence electrons. The van der Waals surface area contributed by atoms with Crippen molar-refractivity contribution >= 4 is 5.78 Å². The van der Waals surface area contributed by atoms with Crippen molar-refractivity contribution in [2.45, 2.75) is 71.0 Å². The molecule has 4 aliphatic rings. The van der Waals surface area contributed by atoms with Crippen LogP contribution < -0.4 is 0 Å². The molecule has 3 fully saturated rings. The highest BCUT2D eigenvalue weighted by atomic mass is 16.5. The average Bonchev–Trinajstić information content (AvgIpc) is 2.69. The van der Waals surface area contributed by atoms with Crippen LogP contribution in [0.4, 0.5) is 0 Å². The maximum Gasteiger partial charge on any atom is 0.159 e. The first kappa shape index (κ1) is 14.7. The van der Waals surface area contributed by atoms with E-state index < -0.39 is 0 Å². The van der Waals surface area contributed by atoms with Gasteiger partial charge in [-0.15, -0.1) is 0 Å². The second-order valence-corrected chi connectivity index (χ2v) is 8.64. The molecule has 4 rings (SSSR count). The fourth-order valence-electron chi connectivity index (χ4n) is 6.20. The zero-order chi connectivity index (χ0) is 15.7. The molecular weight excluding hydrogens is 276 g/mol. The van der Waals surface area contributed by atoms with Crippen LogP contribution in [0.25, 0.3) is 0 Å². The molecule has 0 aromatic rings. The van der Waals surface area contributed by atoms with Crippen LogP contribution >= 0.6 is 0 Å². The van der Waals surface area contributed by atoms with E-state index in [0.717, 1.165) is 37.9 Å². The van der Waals surface area contributed by atoms with E-state index in [9.17, 15) is 9.90 Å². The summed E-state index contributed by atoms with van der Waals surface area (Å²) in [5, 5.41) is 10.5. The van der Waals surface area contributed by atoms with Gasteiger partial charge in [0.1, 0.15) is 11.4 Å². The second kappa shape index (κ2) is 4.59. The van der Waals surface area contributed by atoms with Crippen LogP contribution in [0, 0.1) is 29.1 Å². The van der Waals surface area contributed by atoms with Gasteiger partial charge in [-0.1, -0.05) is 13.8 Å². The Bertz CT molecular complexity index is 539. The third-order valence-electron chi connectivity index (χ3n) is 7.62. The largest absolute Gasteiger partial charge is 0.491 e. The molecule has 22 heavy (non-hydrogen) atoms. The van der Waals surface area contributed by atoms with E-state index in [-0.39, 0.29) is 22.9 Å². The SMILES string of the molecule is C[C@H]1C2=CC(=O)CC[C@](C)(O2)[C@H]2CC[C@@]3(C)[C@@H](O)CC[C@H]3[C@@H]12. The number of aliphatic hydroxyl groups is 1. The molecule has 3 nitrogen and oxygen atoms in total. The van der Waals surface area contributed by atoms with Gasteiger partial charge in [-0.25, -0.2) is 0 Å². The lowest BCUT2D eigenvalue weighted by Crippen LogP contribution is -2.56. The van der Waals surface area contributed by atoms with Gasteiger partial charge in [-0.05, 0) is 56.3 Å². The molecule has 2 bridgehead atoms. The summed E-state index contributed by atoms with van der Waals surface area (Å²) in [6, 6.07) is 0. The van der Waals surface area contributed by atoms with Gasteiger partial charge in [0.25, 0.3) is 0 Å². The molecule has 2 aliphatic heterocycles. The van der Waals surface area contributed by atoms with Crippen LogP contribution in [-0.2, 0) is 9.53 Å². The Labute approximate surface area is 133 Å². The number of hydrogen-bond acceptors (Lipinski definition) is 3. The lowest BCUT2D eigenvalue weighted by Gasteiger charge is -2.58. The zero-order valence-corrected chi connectivity index (χ0v) is 14.0. The summed E-state index contributed by atoms with van der Waals surface area (Å²) in [6.45, 7) is 6.74. The normalized spacial score (nSPS) is 53.9. The van der Waals surface area contributed by atoms with Gasteiger partial charge < -0.3 is 9.84 Å². The smallest absolute Gasteiger partial charge is 0.159 e. The lowest BCUT2D eigenvalue weighted by molar-refractivity contribution is -0.168. The van der Waals surface area contributed by atoms with Gasteiger partial charge in [-0.2, -0.15) is 0 Å². The van der Waals surface area contributed by atoms with Crippen molar-refractivity contribution in [3.63, 3.8) is 0 Å². The third-order valence-corrected chi connectivity index (χ3v) is 7.62. The number of ether oxygens (including phenoxy) is 1. The maximum absolute atomic E-state index is 12.1. The molecule has 0 aromatic heterocycles. The molecule has 0 amide bonds. The second-order valence-electron chi connectivity index (χ2n) is 8.64. The van der Waals surface area contributed by atoms with E-state index in [4.69, 9.17) is 4.74 Å². The Balaban J connectivity index is 1.78. The van der Waals surface area contributed by atoms with Crippen molar-refractivity contribution in [2.24, 2.45) is 29.1 Å². The van der Waals surface area contributed by atoms with Crippen LogP contribution in [0.2, 0.25) is 0 Å². The molecule has 3 heteroatoms. The molecule has 0 unspecified atom stereocenters. The van der Waals surface area contributed by atoms with E-state index in [2.05, 4.69) is 20.8 Å². The van der Waals surface area contributed by atoms with Crippen LogP contribution in [0.1, 0.15) is 59.3 Å². The Morgan fingerprint density at radius 2 is 1.95 bits per heavy atom. The van der Waals surface area contributed by atoms with Crippen molar-refractivity contribution in [1.29, 1.82) is 0 Å². The summed E-state index contributed by atoms with van der Waals surface area (Å²) < 4.78 is 6.37. The van der Waals surface area contributed by atoms with Crippen LogP contribution in [0.3, 0.4) is 0 Å². The summed E-state index contributed by atoms with van der Waals surface area (Å²) in [6.07, 6.45) is 7.34. The van der Waals surface area contributed by atoms with E-state index in [0.29, 0.717) is 30.1 Å². The van der Waals surface area contributed by atoms with Gasteiger partial charge in [0.05, 0.1) is 6.10 Å². The zero-order valence-electron chi connectivity index (χ0n) is 14.0. The number of carbonyl (C=O) groups is 1. The van der Waals surface area contributed by atoms with Gasteiger partial charge >= 0.3 is 0 Å². The van der Waals surface area contributed by atoms with E-state index >= 15 is 0 Å². The van der Waals surface area contributed by atoms with Crippen molar-refractivity contribution in [1.82, 2.24) is 0 Å². The quantitative estimate of drug-likeness (QED) is 0.745. The van der Waals surface area contributed by atoms with Crippen LogP contribution in [-0.4, -0.2) is 22.6 Å². The summed E-state index contributed by atoms with van der Waals surface area (Å²) in [5.74, 6) is 3.07. The van der Waals surface area contributed by atoms with E-state index in [1.807, 2.05) is 0 Å². The van der Waals surface area contributed by atoms with E-state index in [1.165, 1.54) is 0 Å². The van der Waals surface area contributed by atoms with Crippen molar-refractivity contribution < 1.29 is 14.6 Å². The minimum atomic E-state index is -0.190. The molecule has 2 saturated carbocycles. The van der Waals surface area contributed by atoms with Gasteiger partial charge in [-0.3, -0.25) is 4.79 Å². The molecule has 2 heterocycles. The van der Waals surface area contributed by atoms with Crippen LogP contribution in [0.5, 0.6) is 0 Å². The minimum Gasteiger partial charge on any atom is -0.491 e. The number of hydrogen-bond donors (Lipinski definition) is 1. The number of carbonyl (C=O) groups excluding carboxylic acids is 1. The molecule has 0 radical (unpaired) electrons. The van der Waals surface area contributed by atoms with E-state index in [1.54, 1.807) is 6.08 Å². The Hall–Kier alpha value is -0.830. The predicted molar refractivity (Wildman–Crippen MR) is 84.0 cm³/mol. The monoisotopic (exact) mass is 304 g/mol. The van der Waals surface area contributed by atoms with Gasteiger partial charge in [0.2, 0.25) is 0 Å². The minimum absolute atomic E-state index is 0.0663. The maximum atomic E-state index is 12.1. The number of ketones is 1. The first-order valence-corrected chi connectivity index (χ1v) is 8.97. The molecular formula is C19H28O3. The fourth-order valence-corrected chi connectivity index (χ4v) is 6.20. The topological polar surface area (TPSA) is 46.5 Å². The predicted octanol–water partition coefficient (Wildman–Crippen LogP) is 3.46. The summed E-state index contributed by atoms with van der Waals surface area (Å²) in [4.78, 5) is 12.1. The first-order chi connectivity index (χ1) is 10.3. The Kier molecular flexibility index (Phi) is 3.08. The Morgan fingerprint density at radius 1 is 1.18 bits per heavy atom. The lowest BCUT2D eigenvalue weighted by atomic mass is 9.52. The summed E-state index contributed by atoms with van der Waals surface area (Å²) >= 11 is 0. The van der Waals surface area contributed by atoms with Crippen molar-refractivity contribution in [3.8, 4) is 0 Å². The Morgan fingerprint density at radius 3 is 2.73 bits per heavy atom. The highest BCUT2D eigenvalue weighted by Gasteiger charge is 2.61. The third kappa shape index (κ3) is 1.81. The molecule has 2 aliphatic carbocycles. The highest BCUT2D eigenvalue weighted by Crippen LogP contribution is 2.63. The number of allylic oxidation sites excluding steroid dienone is 2. The molecule has 0 aromatic carbocycles. The standard InChI is InChI=1S/C19H28O3/c1-11-15-10-12(20)6-9-19(3,22-15)14-7-8-18(2)13(17(11)14)4-5-16(18)21/h10-11,13-14,16-17,21H,4-9H2,1-3H3/t11-,13-,14-,16-,17+,18+,19-/m0/s1. The van der Waals surface area contributed by atoms with Crippen LogP contribution in [0.15, 0.2) is 11.8 Å². The summed E-state index contributed by atoms with van der Waals surface area (Å²) in [5.41, 5.74) is -0.124. The van der Waals surface area contributed by atoms with Gasteiger partial charge in [0.15, 0.2) is 5.78 Å². The number of aliphatic hydroxyl groups excluding tert-OH is 1. The molecule has 1 saturated heterocycles. The van der Waals surface area contributed by atoms with Crippen molar-refractivity contribution in [2.75, 3.05) is 0 Å². The van der Waals surface area contributed by atoms with Crippen molar-refractivity contribution in [3.05, 3.63) is 11.8 Å². The molecule has 7 atom stereocenters.